The minimum absolute atomic E-state index is 1.87. The van der Waals surface area contributed by atoms with Crippen molar-refractivity contribution in [3.05, 3.63) is 0 Å². The van der Waals surface area contributed by atoms with Gasteiger partial charge in [0.1, 0.15) is 0 Å². The summed E-state index contributed by atoms with van der Waals surface area (Å²) in [4.78, 5) is 9.89. The lowest BCUT2D eigenvalue weighted by Crippen LogP contribution is -2.80. The van der Waals surface area contributed by atoms with Crippen molar-refractivity contribution in [2.75, 3.05) is 0 Å². The Balaban J connectivity index is 3.65. The zero-order chi connectivity index (χ0) is 14.8. The predicted octanol–water partition coefficient (Wildman–Crippen LogP) is 2.79. The zero-order valence-corrected chi connectivity index (χ0v) is 7.84. The van der Waals surface area contributed by atoms with Crippen LogP contribution in [0.1, 0.15) is 0 Å². The van der Waals surface area contributed by atoms with Crippen molar-refractivity contribution in [3.63, 3.8) is 0 Å². The topological polar surface area (TPSA) is 17.1 Å². The third-order valence-electron chi connectivity index (χ3n) is 2.55. The van der Waals surface area contributed by atoms with E-state index in [1.54, 1.807) is 0 Å². The fourth-order valence-electron chi connectivity index (χ4n) is 1.36. The van der Waals surface area contributed by atoms with Crippen LogP contribution in [-0.4, -0.2) is 41.8 Å². The molecule has 2 unspecified atom stereocenters. The molecule has 11 heteroatoms. The number of alkyl halides is 10. The highest BCUT2D eigenvalue weighted by Crippen LogP contribution is 2.64. The van der Waals surface area contributed by atoms with E-state index < -0.39 is 41.8 Å². The van der Waals surface area contributed by atoms with Crippen molar-refractivity contribution in [2.45, 2.75) is 35.5 Å². The van der Waals surface area contributed by atoms with Gasteiger partial charge < -0.3 is 0 Å². The molecule has 0 aromatic rings. The molecule has 0 heterocycles. The van der Waals surface area contributed by atoms with Crippen LogP contribution in [0, 0.1) is 0 Å². The minimum atomic E-state index is -6.94. The van der Waals surface area contributed by atoms with E-state index in [0.717, 1.165) is 0 Å². The molecule has 0 saturated heterocycles. The Morgan fingerprint density at radius 1 is 0.722 bits per heavy atom. The van der Waals surface area contributed by atoms with Gasteiger partial charge in [-0.1, -0.05) is 0 Å². The Hall–Kier alpha value is -1.03. The maximum absolute atomic E-state index is 13.0. The van der Waals surface area contributed by atoms with Crippen molar-refractivity contribution < 1.29 is 48.7 Å². The number of halogens is 10. The Morgan fingerprint density at radius 3 is 1.44 bits per heavy atom. The Morgan fingerprint density at radius 2 is 1.11 bits per heavy atom. The highest BCUT2D eigenvalue weighted by atomic mass is 19.4. The van der Waals surface area contributed by atoms with E-state index in [2.05, 4.69) is 0 Å². The summed E-state index contributed by atoms with van der Waals surface area (Å²) in [5.74, 6) is -26.9. The van der Waals surface area contributed by atoms with Gasteiger partial charge in [-0.2, -0.15) is 35.1 Å². The third kappa shape index (κ3) is 1.17. The summed E-state index contributed by atoms with van der Waals surface area (Å²) in [6.45, 7) is 0. The van der Waals surface area contributed by atoms with E-state index in [1.807, 2.05) is 0 Å². The quantitative estimate of drug-likeness (QED) is 0.536. The standard InChI is InChI=1S/C7H2F10O/c8-2-3(9,1-18)5(12,13)7(16,17)6(14,15)4(2,10)11/h1-2H. The molecule has 0 aromatic heterocycles. The summed E-state index contributed by atoms with van der Waals surface area (Å²) in [6.07, 6.45) is -6.98. The van der Waals surface area contributed by atoms with E-state index in [0.29, 0.717) is 0 Å². The van der Waals surface area contributed by atoms with Crippen LogP contribution in [0.2, 0.25) is 0 Å². The summed E-state index contributed by atoms with van der Waals surface area (Å²) in [6, 6.07) is 0. The molecule has 18 heavy (non-hydrogen) atoms. The Labute approximate surface area is 91.7 Å². The van der Waals surface area contributed by atoms with E-state index in [-0.39, 0.29) is 0 Å². The average Bonchev–Trinajstić information content (AvgIpc) is 2.24. The second-order valence-electron chi connectivity index (χ2n) is 3.59. The second-order valence-corrected chi connectivity index (χ2v) is 3.59. The van der Waals surface area contributed by atoms with E-state index in [4.69, 9.17) is 0 Å². The summed E-state index contributed by atoms with van der Waals surface area (Å²) in [5, 5.41) is 0. The molecule has 0 aliphatic heterocycles. The molecule has 1 nitrogen and oxygen atoms in total. The third-order valence-corrected chi connectivity index (χ3v) is 2.55. The van der Waals surface area contributed by atoms with Gasteiger partial charge in [-0.3, -0.25) is 4.79 Å². The molecule has 106 valence electrons. The average molecular weight is 292 g/mol. The van der Waals surface area contributed by atoms with Gasteiger partial charge in [0.2, 0.25) is 6.17 Å². The minimum Gasteiger partial charge on any atom is -0.299 e. The summed E-state index contributed by atoms with van der Waals surface area (Å²) in [5.41, 5.74) is -5.76. The number of hydrogen-bond acceptors (Lipinski definition) is 1. The maximum Gasteiger partial charge on any atom is 0.382 e. The first-order valence-corrected chi connectivity index (χ1v) is 4.02. The molecule has 1 aliphatic rings. The van der Waals surface area contributed by atoms with Crippen LogP contribution in [-0.2, 0) is 4.79 Å². The molecule has 0 spiro atoms. The van der Waals surface area contributed by atoms with Crippen molar-refractivity contribution >= 4 is 6.29 Å². The first-order valence-electron chi connectivity index (χ1n) is 4.02. The largest absolute Gasteiger partial charge is 0.382 e. The molecular formula is C7H2F10O. The summed E-state index contributed by atoms with van der Waals surface area (Å²) < 4.78 is 126. The van der Waals surface area contributed by atoms with Crippen molar-refractivity contribution in [1.82, 2.24) is 0 Å². The number of carbonyl (C=O) groups excluding carboxylic acids is 1. The first kappa shape index (κ1) is 15.0. The molecule has 1 saturated carbocycles. The highest BCUT2D eigenvalue weighted by Gasteiger charge is 2.95. The van der Waals surface area contributed by atoms with Crippen molar-refractivity contribution in [1.29, 1.82) is 0 Å². The van der Waals surface area contributed by atoms with E-state index in [9.17, 15) is 48.7 Å². The van der Waals surface area contributed by atoms with Gasteiger partial charge in [-0.25, -0.2) is 8.78 Å². The number of hydrogen-bond donors (Lipinski definition) is 0. The van der Waals surface area contributed by atoms with Crippen LogP contribution in [0.15, 0.2) is 0 Å². The molecule has 1 rings (SSSR count). The fourth-order valence-corrected chi connectivity index (χ4v) is 1.36. The van der Waals surface area contributed by atoms with Crippen LogP contribution in [0.3, 0.4) is 0 Å². The lowest BCUT2D eigenvalue weighted by atomic mass is 9.74. The number of aldehydes is 1. The van der Waals surface area contributed by atoms with Crippen LogP contribution < -0.4 is 0 Å². The van der Waals surface area contributed by atoms with Gasteiger partial charge >= 0.3 is 23.7 Å². The van der Waals surface area contributed by atoms with Crippen LogP contribution in [0.4, 0.5) is 43.9 Å². The number of rotatable bonds is 1. The van der Waals surface area contributed by atoms with Crippen molar-refractivity contribution in [2.24, 2.45) is 0 Å². The van der Waals surface area contributed by atoms with Crippen LogP contribution >= 0.6 is 0 Å². The first-order chi connectivity index (χ1) is 7.72. The van der Waals surface area contributed by atoms with Gasteiger partial charge in [-0.05, 0) is 0 Å². The van der Waals surface area contributed by atoms with Gasteiger partial charge in [0.15, 0.2) is 6.29 Å². The second kappa shape index (κ2) is 3.29. The molecular weight excluding hydrogens is 290 g/mol. The molecule has 1 fully saturated rings. The van der Waals surface area contributed by atoms with E-state index in [1.165, 1.54) is 0 Å². The SMILES string of the molecule is O=CC1(F)C(F)C(F)(F)C(F)(F)C(F)(F)C1(F)F. The fraction of sp³-hybridized carbons (Fsp3) is 0.857. The molecule has 2 atom stereocenters. The lowest BCUT2D eigenvalue weighted by Gasteiger charge is -2.48. The molecule has 0 amide bonds. The summed E-state index contributed by atoms with van der Waals surface area (Å²) in [7, 11) is 0. The predicted molar refractivity (Wildman–Crippen MR) is 34.6 cm³/mol. The molecule has 0 bridgehead atoms. The lowest BCUT2D eigenvalue weighted by molar-refractivity contribution is -0.433. The highest BCUT2D eigenvalue weighted by molar-refractivity contribution is 5.68. The normalized spacial score (nSPS) is 40.2. The van der Waals surface area contributed by atoms with Gasteiger partial charge in [-0.15, -0.1) is 0 Å². The number of carbonyl (C=O) groups is 1. The van der Waals surface area contributed by atoms with Gasteiger partial charge in [0.05, 0.1) is 0 Å². The molecule has 0 N–H and O–H groups in total. The van der Waals surface area contributed by atoms with Crippen LogP contribution in [0.25, 0.3) is 0 Å². The van der Waals surface area contributed by atoms with Crippen molar-refractivity contribution in [3.8, 4) is 0 Å². The van der Waals surface area contributed by atoms with E-state index >= 15 is 0 Å². The van der Waals surface area contributed by atoms with Gasteiger partial charge in [0.25, 0.3) is 5.67 Å². The van der Waals surface area contributed by atoms with Crippen LogP contribution in [0.5, 0.6) is 0 Å². The Bertz CT molecular complexity index is 376. The monoisotopic (exact) mass is 292 g/mol. The summed E-state index contributed by atoms with van der Waals surface area (Å²) >= 11 is 0. The molecule has 0 aromatic carbocycles. The van der Waals surface area contributed by atoms with Gasteiger partial charge in [0, 0.05) is 0 Å². The zero-order valence-electron chi connectivity index (χ0n) is 7.84. The maximum atomic E-state index is 13.0. The Kier molecular flexibility index (Phi) is 2.75. The molecule has 1 aliphatic carbocycles. The molecule has 0 radical (unpaired) electrons. The smallest absolute Gasteiger partial charge is 0.299 e.